The van der Waals surface area contributed by atoms with E-state index >= 15 is 0 Å². The predicted molar refractivity (Wildman–Crippen MR) is 132 cm³/mol. The van der Waals surface area contributed by atoms with E-state index in [4.69, 9.17) is 9.57 Å². The molecule has 0 atom stereocenters. The highest BCUT2D eigenvalue weighted by Crippen LogP contribution is 2.38. The molecule has 0 unspecified atom stereocenters. The van der Waals surface area contributed by atoms with Gasteiger partial charge < -0.3 is 4.74 Å². The number of rotatable bonds is 8. The Labute approximate surface area is 195 Å². The molecule has 1 aliphatic heterocycles. The highest BCUT2D eigenvalue weighted by atomic mass is 16.7. The Bertz CT molecular complexity index is 1100. The largest absolute Gasteiger partial charge is 0.490 e. The zero-order valence-electron chi connectivity index (χ0n) is 18.8. The van der Waals surface area contributed by atoms with Crippen molar-refractivity contribution in [2.24, 2.45) is 5.92 Å². The number of fused-ring (bicyclic) bond motifs is 1. The Morgan fingerprint density at radius 2 is 1.45 bits per heavy atom. The van der Waals surface area contributed by atoms with Crippen LogP contribution in [0.3, 0.4) is 0 Å². The Kier molecular flexibility index (Phi) is 6.95. The van der Waals surface area contributed by atoms with E-state index in [2.05, 4.69) is 70.7 Å². The van der Waals surface area contributed by atoms with Gasteiger partial charge in [-0.05, 0) is 54.2 Å². The van der Waals surface area contributed by atoms with Gasteiger partial charge in [0.25, 0.3) is 0 Å². The van der Waals surface area contributed by atoms with Crippen molar-refractivity contribution in [1.29, 1.82) is 0 Å². The number of benzene rings is 3. The molecule has 4 aromatic rings. The smallest absolute Gasteiger partial charge is 0.128 e. The molecule has 168 valence electrons. The first kappa shape index (κ1) is 21.6. The van der Waals surface area contributed by atoms with Crippen molar-refractivity contribution in [3.8, 4) is 5.75 Å². The van der Waals surface area contributed by atoms with E-state index in [1.54, 1.807) is 6.20 Å². The molecule has 3 aromatic carbocycles. The molecule has 0 spiro atoms. The van der Waals surface area contributed by atoms with Gasteiger partial charge in [0.05, 0.1) is 5.52 Å². The third kappa shape index (κ3) is 5.24. The number of piperidine rings is 1. The minimum atomic E-state index is 0.429. The van der Waals surface area contributed by atoms with E-state index in [1.807, 2.05) is 30.3 Å². The molecule has 0 aliphatic carbocycles. The third-order valence-electron chi connectivity index (χ3n) is 6.51. The Morgan fingerprint density at radius 3 is 2.15 bits per heavy atom. The quantitative estimate of drug-likeness (QED) is 0.312. The van der Waals surface area contributed by atoms with Crippen LogP contribution in [0.1, 0.15) is 29.9 Å². The summed E-state index contributed by atoms with van der Waals surface area (Å²) in [6, 6.07) is 31.8. The highest BCUT2D eigenvalue weighted by Gasteiger charge is 2.29. The van der Waals surface area contributed by atoms with Gasteiger partial charge in [0.2, 0.25) is 0 Å². The lowest BCUT2D eigenvalue weighted by Crippen LogP contribution is -2.36. The summed E-state index contributed by atoms with van der Waals surface area (Å²) in [5, 5.41) is 3.14. The van der Waals surface area contributed by atoms with Crippen molar-refractivity contribution in [3.63, 3.8) is 0 Å². The minimum absolute atomic E-state index is 0.429. The second kappa shape index (κ2) is 10.6. The van der Waals surface area contributed by atoms with Gasteiger partial charge in [-0.15, -0.1) is 0 Å². The first-order valence-electron chi connectivity index (χ1n) is 11.8. The predicted octanol–water partition coefficient (Wildman–Crippen LogP) is 6.09. The lowest BCUT2D eigenvalue weighted by atomic mass is 9.76. The number of ether oxygens (including phenoxy) is 1. The summed E-state index contributed by atoms with van der Waals surface area (Å²) >= 11 is 0. The van der Waals surface area contributed by atoms with Gasteiger partial charge in [-0.2, -0.15) is 5.06 Å². The van der Waals surface area contributed by atoms with Crippen molar-refractivity contribution < 1.29 is 9.57 Å². The molecule has 0 N–H and O–H groups in total. The fourth-order valence-electron chi connectivity index (χ4n) is 4.91. The van der Waals surface area contributed by atoms with Crippen molar-refractivity contribution in [3.05, 3.63) is 108 Å². The van der Waals surface area contributed by atoms with Crippen molar-refractivity contribution >= 4 is 10.9 Å². The fraction of sp³-hybridized carbons (Fsp3) is 0.276. The third-order valence-corrected chi connectivity index (χ3v) is 6.51. The maximum atomic E-state index is 6.05. The minimum Gasteiger partial charge on any atom is -0.490 e. The molecule has 0 amide bonds. The van der Waals surface area contributed by atoms with Crippen LogP contribution in [-0.4, -0.2) is 36.4 Å². The van der Waals surface area contributed by atoms with E-state index in [-0.39, 0.29) is 0 Å². The topological polar surface area (TPSA) is 34.6 Å². The standard InChI is InChI=1S/C29H30N2O2/c1-3-9-23(10-4-1)29(24-11-5-2-6-12-24)25-16-19-31(20-17-25)33-22-21-32-28-15-7-14-27-26(28)13-8-18-30-27/h1-15,18,25,29H,16-17,19-22H2. The number of pyridine rings is 1. The summed E-state index contributed by atoms with van der Waals surface area (Å²) in [6.07, 6.45) is 4.04. The number of hydrogen-bond acceptors (Lipinski definition) is 4. The number of hydrogen-bond donors (Lipinski definition) is 0. The maximum Gasteiger partial charge on any atom is 0.128 e. The Morgan fingerprint density at radius 1 is 0.758 bits per heavy atom. The van der Waals surface area contributed by atoms with Gasteiger partial charge in [-0.1, -0.05) is 66.7 Å². The van der Waals surface area contributed by atoms with E-state index in [9.17, 15) is 0 Å². The molecular weight excluding hydrogens is 408 g/mol. The van der Waals surface area contributed by atoms with Gasteiger partial charge in [-0.3, -0.25) is 9.82 Å². The van der Waals surface area contributed by atoms with Gasteiger partial charge in [0.15, 0.2) is 0 Å². The van der Waals surface area contributed by atoms with Crippen molar-refractivity contribution in [1.82, 2.24) is 10.0 Å². The van der Waals surface area contributed by atoms with Crippen LogP contribution in [-0.2, 0) is 4.84 Å². The molecule has 1 aromatic heterocycles. The molecule has 2 heterocycles. The molecule has 1 fully saturated rings. The molecule has 0 bridgehead atoms. The zero-order valence-corrected chi connectivity index (χ0v) is 18.8. The van der Waals surface area contributed by atoms with E-state index in [1.165, 1.54) is 11.1 Å². The second-order valence-electron chi connectivity index (χ2n) is 8.57. The molecule has 4 heteroatoms. The maximum absolute atomic E-state index is 6.05. The SMILES string of the molecule is c1ccc(C(c2ccccc2)C2CCN(OCCOc3cccc4ncccc34)CC2)cc1. The monoisotopic (exact) mass is 438 g/mol. The van der Waals surface area contributed by atoms with Crippen LogP contribution in [0.25, 0.3) is 10.9 Å². The van der Waals surface area contributed by atoms with E-state index < -0.39 is 0 Å². The molecule has 5 rings (SSSR count). The van der Waals surface area contributed by atoms with Crippen LogP contribution in [0, 0.1) is 5.92 Å². The van der Waals surface area contributed by atoms with Crippen LogP contribution >= 0.6 is 0 Å². The second-order valence-corrected chi connectivity index (χ2v) is 8.57. The summed E-state index contributed by atoms with van der Waals surface area (Å²) in [7, 11) is 0. The Balaban J connectivity index is 1.14. The van der Waals surface area contributed by atoms with Crippen LogP contribution < -0.4 is 4.74 Å². The summed E-state index contributed by atoms with van der Waals surface area (Å²) in [5.74, 6) is 1.89. The summed E-state index contributed by atoms with van der Waals surface area (Å²) in [6.45, 7) is 2.95. The summed E-state index contributed by atoms with van der Waals surface area (Å²) in [5.41, 5.74) is 3.76. The molecule has 1 saturated heterocycles. The molecular formula is C29H30N2O2. The molecule has 1 aliphatic rings. The average molecular weight is 439 g/mol. The fourth-order valence-corrected chi connectivity index (χ4v) is 4.91. The van der Waals surface area contributed by atoms with Crippen LogP contribution in [0.5, 0.6) is 5.75 Å². The number of aromatic nitrogens is 1. The van der Waals surface area contributed by atoms with Crippen LogP contribution in [0.2, 0.25) is 0 Å². The zero-order chi connectivity index (χ0) is 22.3. The van der Waals surface area contributed by atoms with Gasteiger partial charge in [-0.25, -0.2) is 0 Å². The lowest BCUT2D eigenvalue weighted by Gasteiger charge is -2.36. The van der Waals surface area contributed by atoms with Crippen molar-refractivity contribution in [2.45, 2.75) is 18.8 Å². The van der Waals surface area contributed by atoms with Crippen LogP contribution in [0.4, 0.5) is 0 Å². The molecule has 33 heavy (non-hydrogen) atoms. The average Bonchev–Trinajstić information content (AvgIpc) is 2.89. The summed E-state index contributed by atoms with van der Waals surface area (Å²) in [4.78, 5) is 10.4. The summed E-state index contributed by atoms with van der Waals surface area (Å²) < 4.78 is 5.99. The molecule has 0 saturated carbocycles. The van der Waals surface area contributed by atoms with Crippen LogP contribution in [0.15, 0.2) is 97.2 Å². The van der Waals surface area contributed by atoms with Gasteiger partial charge in [0.1, 0.15) is 19.0 Å². The number of hydroxylamine groups is 2. The highest BCUT2D eigenvalue weighted by molar-refractivity contribution is 5.84. The molecule has 0 radical (unpaired) electrons. The Hall–Kier alpha value is -3.21. The normalized spacial score (nSPS) is 15.2. The van der Waals surface area contributed by atoms with Crippen molar-refractivity contribution in [2.75, 3.05) is 26.3 Å². The van der Waals surface area contributed by atoms with Gasteiger partial charge >= 0.3 is 0 Å². The number of nitrogens with zero attached hydrogens (tertiary/aromatic N) is 2. The van der Waals surface area contributed by atoms with E-state index in [0.29, 0.717) is 25.0 Å². The molecule has 4 nitrogen and oxygen atoms in total. The van der Waals surface area contributed by atoms with Gasteiger partial charge in [0, 0.05) is 30.6 Å². The van der Waals surface area contributed by atoms with E-state index in [0.717, 1.165) is 42.6 Å². The lowest BCUT2D eigenvalue weighted by molar-refractivity contribution is -0.178. The first-order chi connectivity index (χ1) is 16.4. The first-order valence-corrected chi connectivity index (χ1v) is 11.8.